The highest BCUT2D eigenvalue weighted by molar-refractivity contribution is 5.95. The number of aliphatic hydroxyl groups is 3. The van der Waals surface area contributed by atoms with E-state index >= 15 is 0 Å². The number of carbonyl (C=O) groups is 4. The number of aliphatic hydroxyl groups excluding tert-OH is 2. The van der Waals surface area contributed by atoms with Gasteiger partial charge in [-0.1, -0.05) is 56.7 Å². The summed E-state index contributed by atoms with van der Waals surface area (Å²) in [5.74, 6) is -5.00. The normalized spacial score (nSPS) is 37.1. The van der Waals surface area contributed by atoms with Gasteiger partial charge in [0.2, 0.25) is 0 Å². The molecule has 14 nitrogen and oxygen atoms in total. The molecular formula is C36H49NO13. The Kier molecular flexibility index (Phi) is 10.3. The number of Topliss-reactive ketones (excluding diaryl/α,β-unsaturated/α-hetero) is 1. The Balaban J connectivity index is 1.57. The first-order valence-electron chi connectivity index (χ1n) is 16.9. The number of benzene rings is 1. The molecule has 1 aromatic rings. The molecule has 5 N–H and O–H groups in total. The quantitative estimate of drug-likeness (QED) is 0.0825. The molecule has 1 aliphatic heterocycles. The van der Waals surface area contributed by atoms with Crippen LogP contribution in [0.2, 0.25) is 0 Å². The van der Waals surface area contributed by atoms with Crippen LogP contribution in [0.1, 0.15) is 66.9 Å². The maximum atomic E-state index is 15.0. The smallest absolute Gasteiger partial charge is 0.407 e. The van der Waals surface area contributed by atoms with Crippen LogP contribution in [0.3, 0.4) is 0 Å². The van der Waals surface area contributed by atoms with E-state index in [1.54, 1.807) is 58.9 Å². The minimum Gasteiger partial charge on any atom is -0.454 e. The van der Waals surface area contributed by atoms with Crippen LogP contribution >= 0.6 is 0 Å². The molecule has 50 heavy (non-hydrogen) atoms. The van der Waals surface area contributed by atoms with Gasteiger partial charge in [0, 0.05) is 44.1 Å². The summed E-state index contributed by atoms with van der Waals surface area (Å²) in [6.07, 6.45) is -7.72. The van der Waals surface area contributed by atoms with Gasteiger partial charge in [-0.15, -0.1) is 0 Å². The fourth-order valence-electron chi connectivity index (χ4n) is 9.55. The molecule has 1 saturated heterocycles. The Hall–Kier alpha value is -3.40. The molecule has 0 radical (unpaired) electrons. The van der Waals surface area contributed by atoms with E-state index in [9.17, 15) is 39.8 Å². The van der Waals surface area contributed by atoms with Gasteiger partial charge in [-0.2, -0.15) is 0 Å². The van der Waals surface area contributed by atoms with E-state index in [1.165, 1.54) is 6.92 Å². The third kappa shape index (κ3) is 5.93. The second-order valence-corrected chi connectivity index (χ2v) is 15.0. The van der Waals surface area contributed by atoms with Crippen LogP contribution in [0.4, 0.5) is 4.79 Å². The van der Waals surface area contributed by atoms with Crippen LogP contribution in [0.5, 0.6) is 0 Å². The monoisotopic (exact) mass is 703 g/mol. The average Bonchev–Trinajstić information content (AvgIpc) is 3.05. The molecule has 276 valence electrons. The molecule has 10 unspecified atom stereocenters. The van der Waals surface area contributed by atoms with Gasteiger partial charge in [-0.05, 0) is 37.3 Å². The van der Waals surface area contributed by atoms with Crippen LogP contribution in [0.15, 0.2) is 41.5 Å². The molecule has 0 spiro atoms. The predicted octanol–water partition coefficient (Wildman–Crippen LogP) is 2.46. The van der Waals surface area contributed by atoms with E-state index in [2.05, 4.69) is 5.32 Å². The number of ether oxygens (including phenoxy) is 4. The van der Waals surface area contributed by atoms with Gasteiger partial charge in [0.15, 0.2) is 17.5 Å². The number of rotatable bonds is 9. The summed E-state index contributed by atoms with van der Waals surface area (Å²) in [5.41, 5.74) is -4.82. The van der Waals surface area contributed by atoms with Crippen molar-refractivity contribution in [1.29, 1.82) is 0 Å². The molecule has 1 amide bonds. The molecule has 0 aromatic heterocycles. The molecule has 11 atom stereocenters. The summed E-state index contributed by atoms with van der Waals surface area (Å²) in [5, 5.41) is 48.8. The average molecular weight is 704 g/mol. The van der Waals surface area contributed by atoms with Gasteiger partial charge >= 0.3 is 18.0 Å². The third-order valence-corrected chi connectivity index (χ3v) is 12.1. The number of hydrogen-bond donors (Lipinski definition) is 5. The van der Waals surface area contributed by atoms with Gasteiger partial charge in [0.1, 0.15) is 24.9 Å². The molecule has 1 heterocycles. The Morgan fingerprint density at radius 3 is 2.32 bits per heavy atom. The van der Waals surface area contributed by atoms with Crippen molar-refractivity contribution in [2.24, 2.45) is 28.6 Å². The molecule has 2 saturated carbocycles. The van der Waals surface area contributed by atoms with Crippen molar-refractivity contribution >= 4 is 23.8 Å². The predicted molar refractivity (Wildman–Crippen MR) is 174 cm³/mol. The number of fused-ring (bicyclic) bond motifs is 5. The molecular weight excluding hydrogens is 654 g/mol. The molecule has 3 aliphatic carbocycles. The zero-order valence-corrected chi connectivity index (χ0v) is 29.5. The summed E-state index contributed by atoms with van der Waals surface area (Å²) in [7, 11) is 0. The van der Waals surface area contributed by atoms with Gasteiger partial charge in [-0.25, -0.2) is 9.68 Å². The number of nitrogens with one attached hydrogen (secondary N) is 1. The van der Waals surface area contributed by atoms with E-state index in [4.69, 9.17) is 23.8 Å². The summed E-state index contributed by atoms with van der Waals surface area (Å²) in [4.78, 5) is 57.6. The van der Waals surface area contributed by atoms with Gasteiger partial charge in [-0.3, -0.25) is 19.6 Å². The van der Waals surface area contributed by atoms with Crippen LogP contribution in [-0.2, 0) is 44.8 Å². The topological polar surface area (TPSA) is 207 Å². The zero-order valence-electron chi connectivity index (χ0n) is 29.5. The molecule has 5 rings (SSSR count). The van der Waals surface area contributed by atoms with E-state index in [0.717, 1.165) is 12.5 Å². The van der Waals surface area contributed by atoms with Crippen LogP contribution in [-0.4, -0.2) is 99.3 Å². The second-order valence-electron chi connectivity index (χ2n) is 15.0. The number of esters is 2. The van der Waals surface area contributed by atoms with Gasteiger partial charge in [0.05, 0.1) is 23.7 Å². The lowest BCUT2D eigenvalue weighted by Gasteiger charge is -2.68. The molecule has 3 fully saturated rings. The number of ketones is 1. The summed E-state index contributed by atoms with van der Waals surface area (Å²) < 4.78 is 22.8. The highest BCUT2D eigenvalue weighted by Crippen LogP contribution is 2.66. The van der Waals surface area contributed by atoms with Crippen molar-refractivity contribution < 1.29 is 63.6 Å². The second kappa shape index (κ2) is 13.6. The molecule has 2 bridgehead atoms. The van der Waals surface area contributed by atoms with Crippen LogP contribution in [0.25, 0.3) is 0 Å². The fraction of sp³-hybridized carbons (Fsp3) is 0.667. The summed E-state index contributed by atoms with van der Waals surface area (Å²) >= 11 is 0. The van der Waals surface area contributed by atoms with E-state index in [-0.39, 0.29) is 31.6 Å². The lowest BCUT2D eigenvalue weighted by molar-refractivity contribution is -0.341. The number of hydrogen-bond acceptors (Lipinski definition) is 13. The Morgan fingerprint density at radius 1 is 1.10 bits per heavy atom. The molecule has 4 aliphatic rings. The highest BCUT2D eigenvalue weighted by Gasteiger charge is 2.76. The standard InChI is InChI=1S/C36H49NO13/c1-18-23(28(50-45)24(40)15-37-32(43)46-16-22-11-9-8-10-12-22)14-36(44)19(2)30-34(7,25(41)13-26-35(30,17-47-26)49-21(4)39)31(42)29(48-20(3)38)27(18)33(36,5)6/h8-12,19,23-26,28-30,40-41,44-45H,13-17H2,1-7H3,(H,37,43)/t19?,23?,24?,25?,26?,28-,29?,30?,34?,35?,36?/m1/s1. The summed E-state index contributed by atoms with van der Waals surface area (Å²) in [6, 6.07) is 8.98. The fourth-order valence-corrected chi connectivity index (χ4v) is 9.55. The third-order valence-electron chi connectivity index (χ3n) is 12.1. The molecule has 14 heteroatoms. The summed E-state index contributed by atoms with van der Waals surface area (Å²) in [6.45, 7) is 10.2. The number of alkyl carbamates (subject to hydrolysis) is 1. The SMILES string of the molecule is CC(=O)OC1C(=O)C2(C)C(O)CC3OCC3(OC(C)=O)C2C(C)C2(O)CC([C@@H](OO)C(O)CNC(=O)OCc3ccccc3)C(C)=C1C2(C)C. The lowest BCUT2D eigenvalue weighted by Crippen LogP contribution is -2.79. The Bertz CT molecular complexity index is 1530. The first-order valence-corrected chi connectivity index (χ1v) is 16.9. The number of amides is 1. The number of carbonyl (C=O) groups excluding carboxylic acids is 4. The van der Waals surface area contributed by atoms with Crippen molar-refractivity contribution in [3.8, 4) is 0 Å². The van der Waals surface area contributed by atoms with Crippen molar-refractivity contribution in [3.63, 3.8) is 0 Å². The van der Waals surface area contributed by atoms with Crippen molar-refractivity contribution in [2.45, 2.75) is 110 Å². The van der Waals surface area contributed by atoms with E-state index < -0.39 is 101 Å². The largest absolute Gasteiger partial charge is 0.454 e. The Morgan fingerprint density at radius 2 is 1.76 bits per heavy atom. The molecule has 1 aromatic carbocycles. The first kappa shape index (κ1) is 37.8. The van der Waals surface area contributed by atoms with Crippen molar-refractivity contribution in [2.75, 3.05) is 13.2 Å². The maximum Gasteiger partial charge on any atom is 0.407 e. The minimum absolute atomic E-state index is 0.0163. The minimum atomic E-state index is -1.82. The van der Waals surface area contributed by atoms with Crippen LogP contribution < -0.4 is 5.32 Å². The lowest BCUT2D eigenvalue weighted by atomic mass is 9.42. The maximum absolute atomic E-state index is 15.0. The van der Waals surface area contributed by atoms with Gasteiger partial charge < -0.3 is 39.6 Å². The van der Waals surface area contributed by atoms with Gasteiger partial charge in [0.25, 0.3) is 0 Å². The highest BCUT2D eigenvalue weighted by atomic mass is 17.1. The van der Waals surface area contributed by atoms with E-state index in [1.807, 2.05) is 6.07 Å². The zero-order chi connectivity index (χ0) is 37.0. The van der Waals surface area contributed by atoms with E-state index in [0.29, 0.717) is 5.57 Å². The Labute approximate surface area is 291 Å². The van der Waals surface area contributed by atoms with Crippen LogP contribution in [0, 0.1) is 28.6 Å². The first-order chi connectivity index (χ1) is 23.4. The van der Waals surface area contributed by atoms with Crippen molar-refractivity contribution in [1.82, 2.24) is 5.32 Å². The van der Waals surface area contributed by atoms with Crippen molar-refractivity contribution in [3.05, 3.63) is 47.0 Å².